The number of ether oxygens (including phenoxy) is 1. The summed E-state index contributed by atoms with van der Waals surface area (Å²) in [4.78, 5) is 11.8. The van der Waals surface area contributed by atoms with Crippen LogP contribution in [0.5, 0.6) is 0 Å². The molecule has 0 saturated carbocycles. The third-order valence-electron chi connectivity index (χ3n) is 2.75. The van der Waals surface area contributed by atoms with Gasteiger partial charge >= 0.3 is 5.97 Å². The van der Waals surface area contributed by atoms with E-state index in [0.29, 0.717) is 11.9 Å². The molecular weight excluding hydrogens is 266 g/mol. The van der Waals surface area contributed by atoms with Gasteiger partial charge in [0.2, 0.25) is 0 Å². The highest BCUT2D eigenvalue weighted by atomic mass is 32.2. The summed E-state index contributed by atoms with van der Waals surface area (Å²) >= 11 is 0. The zero-order valence-corrected chi connectivity index (χ0v) is 11.9. The lowest BCUT2D eigenvalue weighted by molar-refractivity contribution is 0.0527. The molecule has 1 aromatic rings. The predicted molar refractivity (Wildman–Crippen MR) is 77.6 cm³/mol. The molecule has 0 heterocycles. The second-order valence-corrected chi connectivity index (χ2v) is 5.69. The van der Waals surface area contributed by atoms with Crippen LogP contribution in [0.1, 0.15) is 21.5 Å². The van der Waals surface area contributed by atoms with Gasteiger partial charge in [-0.15, -0.1) is 0 Å². The summed E-state index contributed by atoms with van der Waals surface area (Å²) in [5.74, 6) is -1.16. The molecule has 0 saturated heterocycles. The molecule has 1 N–H and O–H groups in total. The summed E-state index contributed by atoms with van der Waals surface area (Å²) in [5.41, 5.74) is 2.44. The monoisotopic (exact) mass is 282 g/mol. The van der Waals surface area contributed by atoms with Crippen LogP contribution in [0.2, 0.25) is 0 Å². The maximum absolute atomic E-state index is 11.8. The molecule has 0 fully saturated rings. The minimum atomic E-state index is -4.11. The van der Waals surface area contributed by atoms with Gasteiger partial charge in [-0.3, -0.25) is 4.55 Å². The van der Waals surface area contributed by atoms with E-state index in [-0.39, 0.29) is 6.61 Å². The Morgan fingerprint density at radius 1 is 1.26 bits per heavy atom. The molecule has 0 aliphatic rings. The maximum Gasteiger partial charge on any atom is 0.338 e. The first-order valence-electron chi connectivity index (χ1n) is 6.11. The van der Waals surface area contributed by atoms with Crippen molar-refractivity contribution in [2.45, 2.75) is 12.6 Å². The molecule has 0 atom stereocenters. The quantitative estimate of drug-likeness (QED) is 0.411. The fourth-order valence-corrected chi connectivity index (χ4v) is 1.97. The Hall–Kier alpha value is -1.27. The van der Waals surface area contributed by atoms with Crippen LogP contribution < -0.4 is 0 Å². The molecule has 0 aromatic heterocycles. The van der Waals surface area contributed by atoms with Crippen LogP contribution in [-0.4, -0.2) is 47.0 Å². The normalized spacial score (nSPS) is 11.2. The van der Waals surface area contributed by atoms with Crippen molar-refractivity contribution < 1.29 is 22.5 Å². The molecule has 0 aliphatic heterocycles. The Kier molecular flexibility index (Phi) is 5.62. The lowest BCUT2D eigenvalue weighted by Gasteiger charge is -2.09. The molecule has 0 spiro atoms. The van der Waals surface area contributed by atoms with Gasteiger partial charge in [0.25, 0.3) is 10.1 Å². The van der Waals surface area contributed by atoms with E-state index in [1.165, 1.54) is 0 Å². The largest absolute Gasteiger partial charge is 0.461 e. The van der Waals surface area contributed by atoms with Gasteiger partial charge in [0, 0.05) is 0 Å². The SMILES string of the molecule is BCc1ccc(C(=O)OCCS(=O)(=O)O)c(CB)c1. The third-order valence-corrected chi connectivity index (χ3v) is 3.44. The first kappa shape index (κ1) is 15.8. The number of hydrogen-bond donors (Lipinski definition) is 1. The molecule has 0 radical (unpaired) electrons. The van der Waals surface area contributed by atoms with Gasteiger partial charge in [-0.2, -0.15) is 8.42 Å². The fraction of sp³-hybridized carbons (Fsp3) is 0.364. The van der Waals surface area contributed by atoms with Gasteiger partial charge < -0.3 is 4.74 Å². The highest BCUT2D eigenvalue weighted by Crippen LogP contribution is 2.13. The van der Waals surface area contributed by atoms with Crippen LogP contribution in [0.4, 0.5) is 0 Å². The molecule has 19 heavy (non-hydrogen) atoms. The Bertz CT molecular complexity index is 556. The van der Waals surface area contributed by atoms with Gasteiger partial charge in [0.1, 0.15) is 28.1 Å². The van der Waals surface area contributed by atoms with Crippen molar-refractivity contribution in [3.63, 3.8) is 0 Å². The smallest absolute Gasteiger partial charge is 0.338 e. The van der Waals surface area contributed by atoms with Crippen LogP contribution in [0.15, 0.2) is 18.2 Å². The van der Waals surface area contributed by atoms with Crippen LogP contribution >= 0.6 is 0 Å². The Labute approximate surface area is 114 Å². The van der Waals surface area contributed by atoms with Crippen LogP contribution in [0.3, 0.4) is 0 Å². The molecule has 8 heteroatoms. The van der Waals surface area contributed by atoms with E-state index < -0.39 is 21.8 Å². The van der Waals surface area contributed by atoms with Gasteiger partial charge in [-0.25, -0.2) is 4.79 Å². The number of benzene rings is 1. The minimum Gasteiger partial charge on any atom is -0.461 e. The van der Waals surface area contributed by atoms with Crippen LogP contribution in [0, 0.1) is 0 Å². The van der Waals surface area contributed by atoms with Crippen molar-refractivity contribution in [2.24, 2.45) is 0 Å². The van der Waals surface area contributed by atoms with Crippen molar-refractivity contribution in [3.8, 4) is 0 Å². The van der Waals surface area contributed by atoms with E-state index in [1.807, 2.05) is 27.8 Å². The van der Waals surface area contributed by atoms with E-state index in [2.05, 4.69) is 0 Å². The number of esters is 1. The molecule has 0 amide bonds. The maximum atomic E-state index is 11.8. The lowest BCUT2D eigenvalue weighted by atomic mass is 9.88. The van der Waals surface area contributed by atoms with Crippen molar-refractivity contribution in [3.05, 3.63) is 34.9 Å². The Balaban J connectivity index is 2.76. The second-order valence-electron chi connectivity index (χ2n) is 4.12. The molecule has 5 nitrogen and oxygen atoms in total. The molecule has 0 bridgehead atoms. The van der Waals surface area contributed by atoms with Gasteiger partial charge in [0.15, 0.2) is 0 Å². The predicted octanol–water partition coefficient (Wildman–Crippen LogP) is -1.00. The van der Waals surface area contributed by atoms with Crippen LogP contribution in [-0.2, 0) is 27.5 Å². The van der Waals surface area contributed by atoms with Gasteiger partial charge in [0.05, 0.1) is 5.56 Å². The highest BCUT2D eigenvalue weighted by molar-refractivity contribution is 7.85. The minimum absolute atomic E-state index is 0.351. The summed E-state index contributed by atoms with van der Waals surface area (Å²) in [6.07, 6.45) is 1.57. The topological polar surface area (TPSA) is 80.7 Å². The summed E-state index contributed by atoms with van der Waals surface area (Å²) in [6.45, 7) is -0.351. The number of carbonyl (C=O) groups is 1. The standard InChI is InChI=1S/C11H16B2O5S/c12-6-8-1-2-10(9(5-8)7-13)11(14)18-3-4-19(15,16)17/h1-2,5H,3-4,6-7,12-13H2,(H,15,16,17). The number of rotatable bonds is 6. The molecule has 1 aromatic carbocycles. The van der Waals surface area contributed by atoms with Crippen molar-refractivity contribution in [1.82, 2.24) is 0 Å². The molecule has 0 unspecified atom stereocenters. The van der Waals surface area contributed by atoms with Crippen molar-refractivity contribution >= 4 is 31.8 Å². The van der Waals surface area contributed by atoms with Crippen molar-refractivity contribution in [1.29, 1.82) is 0 Å². The lowest BCUT2D eigenvalue weighted by Crippen LogP contribution is -2.16. The van der Waals surface area contributed by atoms with Crippen LogP contribution in [0.25, 0.3) is 0 Å². The molecule has 1 rings (SSSR count). The summed E-state index contributed by atoms with van der Waals surface area (Å²) < 4.78 is 34.4. The fourth-order valence-electron chi connectivity index (χ4n) is 1.68. The van der Waals surface area contributed by atoms with Crippen molar-refractivity contribution in [2.75, 3.05) is 12.4 Å². The Morgan fingerprint density at radius 2 is 1.95 bits per heavy atom. The zero-order chi connectivity index (χ0) is 14.5. The number of hydrogen-bond acceptors (Lipinski definition) is 4. The average molecular weight is 282 g/mol. The first-order chi connectivity index (χ1) is 8.87. The Morgan fingerprint density at radius 3 is 2.47 bits per heavy atom. The zero-order valence-electron chi connectivity index (χ0n) is 11.0. The first-order valence-corrected chi connectivity index (χ1v) is 7.72. The number of carbonyl (C=O) groups excluding carboxylic acids is 1. The molecule has 102 valence electrons. The van der Waals surface area contributed by atoms with E-state index in [9.17, 15) is 13.2 Å². The van der Waals surface area contributed by atoms with E-state index in [1.54, 1.807) is 6.07 Å². The van der Waals surface area contributed by atoms with Gasteiger partial charge in [-0.1, -0.05) is 30.3 Å². The summed E-state index contributed by atoms with van der Waals surface area (Å²) in [5, 5.41) is 0. The van der Waals surface area contributed by atoms with E-state index in [4.69, 9.17) is 9.29 Å². The molecule has 0 aliphatic carbocycles. The van der Waals surface area contributed by atoms with E-state index in [0.717, 1.165) is 17.4 Å². The van der Waals surface area contributed by atoms with Gasteiger partial charge in [-0.05, 0) is 11.6 Å². The summed E-state index contributed by atoms with van der Waals surface area (Å²) in [7, 11) is -0.145. The third kappa shape index (κ3) is 5.08. The highest BCUT2D eigenvalue weighted by Gasteiger charge is 2.13. The molecular formula is C11H16B2O5S. The second kappa shape index (κ2) is 6.77. The average Bonchev–Trinajstić information content (AvgIpc) is 2.36. The van der Waals surface area contributed by atoms with E-state index >= 15 is 0 Å². The summed E-state index contributed by atoms with van der Waals surface area (Å²) in [6, 6.07) is 5.48.